The highest BCUT2D eigenvalue weighted by atomic mass is 35.5. The average Bonchev–Trinajstić information content (AvgIpc) is 3.16. The van der Waals surface area contributed by atoms with Gasteiger partial charge in [0.1, 0.15) is 0 Å². The summed E-state index contributed by atoms with van der Waals surface area (Å²) in [5.74, 6) is -0.322. The minimum atomic E-state index is -0.184. The van der Waals surface area contributed by atoms with Crippen molar-refractivity contribution in [3.05, 3.63) is 65.2 Å². The van der Waals surface area contributed by atoms with Crippen LogP contribution in [-0.2, 0) is 16.0 Å². The number of nitrogens with zero attached hydrogens (tertiary/aromatic N) is 1. The van der Waals surface area contributed by atoms with Crippen molar-refractivity contribution < 1.29 is 9.59 Å². The molecule has 5 nitrogen and oxygen atoms in total. The van der Waals surface area contributed by atoms with Crippen molar-refractivity contribution in [1.82, 2.24) is 4.90 Å². The first kappa shape index (κ1) is 21.1. The van der Waals surface area contributed by atoms with Crippen LogP contribution in [0.2, 0.25) is 0 Å². The Morgan fingerprint density at radius 2 is 1.93 bits per heavy atom. The van der Waals surface area contributed by atoms with Gasteiger partial charge >= 0.3 is 0 Å². The summed E-state index contributed by atoms with van der Waals surface area (Å²) in [5, 5.41) is 5.75. The third-order valence-electron chi connectivity index (χ3n) is 5.49. The smallest absolute Gasteiger partial charge is 0.248 e. The van der Waals surface area contributed by atoms with Crippen molar-refractivity contribution in [2.45, 2.75) is 32.2 Å². The van der Waals surface area contributed by atoms with E-state index in [0.717, 1.165) is 24.2 Å². The first-order chi connectivity index (χ1) is 13.6. The van der Waals surface area contributed by atoms with E-state index in [1.807, 2.05) is 30.3 Å². The quantitative estimate of drug-likeness (QED) is 0.732. The number of rotatable bonds is 4. The molecule has 2 aliphatic heterocycles. The van der Waals surface area contributed by atoms with Crippen molar-refractivity contribution in [3.63, 3.8) is 0 Å². The number of carbonyl (C=O) groups excluding carboxylic acids is 2. The lowest BCUT2D eigenvalue weighted by Crippen LogP contribution is -2.30. The van der Waals surface area contributed by atoms with Crippen molar-refractivity contribution in [1.29, 1.82) is 0 Å². The standard InChI is InChI=1S/C23H25N3O2.ClH/c1-16(27)24-21-6-3-2-5-18(21)9-11-23(28)25-19-10-8-17-12-14-26-13-4-7-22(26)20(17)15-19;/h2-3,5-6,8-11,15,22H,4,7,12-14H2,1H3,(H,24,27)(H,25,28);1H. The molecular formula is C23H26ClN3O2. The molecule has 6 heteroatoms. The molecule has 29 heavy (non-hydrogen) atoms. The van der Waals surface area contributed by atoms with Gasteiger partial charge in [-0.2, -0.15) is 0 Å². The molecule has 0 radical (unpaired) electrons. The second-order valence-corrected chi connectivity index (χ2v) is 7.45. The Hall–Kier alpha value is -2.63. The molecule has 1 atom stereocenters. The maximum atomic E-state index is 12.4. The predicted octanol–water partition coefficient (Wildman–Crippen LogP) is 4.41. The second-order valence-electron chi connectivity index (χ2n) is 7.45. The predicted molar refractivity (Wildman–Crippen MR) is 119 cm³/mol. The Morgan fingerprint density at radius 1 is 1.10 bits per heavy atom. The Kier molecular flexibility index (Phi) is 6.72. The topological polar surface area (TPSA) is 61.4 Å². The zero-order chi connectivity index (χ0) is 19.5. The van der Waals surface area contributed by atoms with E-state index in [0.29, 0.717) is 11.7 Å². The van der Waals surface area contributed by atoms with Crippen LogP contribution in [-0.4, -0.2) is 29.8 Å². The number of carbonyl (C=O) groups is 2. The monoisotopic (exact) mass is 411 g/mol. The molecule has 2 N–H and O–H groups in total. The first-order valence-corrected chi connectivity index (χ1v) is 9.83. The average molecular weight is 412 g/mol. The van der Waals surface area contributed by atoms with Crippen LogP contribution in [0.5, 0.6) is 0 Å². The van der Waals surface area contributed by atoms with E-state index in [2.05, 4.69) is 27.7 Å². The van der Waals surface area contributed by atoms with E-state index in [1.165, 1.54) is 43.5 Å². The van der Waals surface area contributed by atoms with E-state index < -0.39 is 0 Å². The molecule has 2 aromatic rings. The molecule has 1 unspecified atom stereocenters. The Labute approximate surface area is 177 Å². The molecule has 0 bridgehead atoms. The summed E-state index contributed by atoms with van der Waals surface area (Å²) in [4.78, 5) is 26.3. The Balaban J connectivity index is 0.00000240. The number of nitrogens with one attached hydrogen (secondary N) is 2. The molecule has 0 spiro atoms. The maximum absolute atomic E-state index is 12.4. The number of amides is 2. The zero-order valence-corrected chi connectivity index (χ0v) is 17.3. The number of benzene rings is 2. The lowest BCUT2D eigenvalue weighted by atomic mass is 9.92. The van der Waals surface area contributed by atoms with Gasteiger partial charge in [-0.15, -0.1) is 12.4 Å². The van der Waals surface area contributed by atoms with E-state index in [-0.39, 0.29) is 24.2 Å². The SMILES string of the molecule is CC(=O)Nc1ccccc1C=CC(=O)Nc1ccc2c(c1)C1CCCN1CC2.Cl. The van der Waals surface area contributed by atoms with Crippen molar-refractivity contribution in [2.24, 2.45) is 0 Å². The van der Waals surface area contributed by atoms with Crippen LogP contribution in [0, 0.1) is 0 Å². The fourth-order valence-corrected chi connectivity index (χ4v) is 4.22. The van der Waals surface area contributed by atoms with Gasteiger partial charge in [-0.3, -0.25) is 14.5 Å². The molecule has 2 aromatic carbocycles. The van der Waals surface area contributed by atoms with Crippen molar-refractivity contribution in [2.75, 3.05) is 23.7 Å². The number of anilines is 2. The van der Waals surface area contributed by atoms with Crippen LogP contribution < -0.4 is 10.6 Å². The van der Waals surface area contributed by atoms with Gasteiger partial charge in [0.2, 0.25) is 11.8 Å². The third-order valence-corrected chi connectivity index (χ3v) is 5.49. The van der Waals surface area contributed by atoms with Gasteiger partial charge in [0.15, 0.2) is 0 Å². The highest BCUT2D eigenvalue weighted by Crippen LogP contribution is 2.38. The number of fused-ring (bicyclic) bond motifs is 3. The first-order valence-electron chi connectivity index (χ1n) is 9.83. The van der Waals surface area contributed by atoms with Crippen LogP contribution in [0.3, 0.4) is 0 Å². The highest BCUT2D eigenvalue weighted by Gasteiger charge is 2.31. The van der Waals surface area contributed by atoms with Gasteiger partial charge in [-0.25, -0.2) is 0 Å². The zero-order valence-electron chi connectivity index (χ0n) is 16.5. The van der Waals surface area contributed by atoms with E-state index in [4.69, 9.17) is 0 Å². The largest absolute Gasteiger partial charge is 0.326 e. The number of halogens is 1. The van der Waals surface area contributed by atoms with Crippen LogP contribution in [0.25, 0.3) is 6.08 Å². The van der Waals surface area contributed by atoms with E-state index in [1.54, 1.807) is 6.08 Å². The maximum Gasteiger partial charge on any atom is 0.248 e. The lowest BCUT2D eigenvalue weighted by Gasteiger charge is -2.32. The van der Waals surface area contributed by atoms with Crippen molar-refractivity contribution in [3.8, 4) is 0 Å². The summed E-state index contributed by atoms with van der Waals surface area (Å²) in [6.07, 6.45) is 6.75. The Morgan fingerprint density at radius 3 is 2.76 bits per heavy atom. The van der Waals surface area contributed by atoms with Crippen LogP contribution in [0.4, 0.5) is 11.4 Å². The summed E-state index contributed by atoms with van der Waals surface area (Å²) in [7, 11) is 0. The summed E-state index contributed by atoms with van der Waals surface area (Å²) in [5.41, 5.74) is 5.08. The van der Waals surface area contributed by atoms with Crippen LogP contribution in [0.15, 0.2) is 48.5 Å². The van der Waals surface area contributed by atoms with Gasteiger partial charge < -0.3 is 10.6 Å². The van der Waals surface area contributed by atoms with Gasteiger partial charge in [0.05, 0.1) is 0 Å². The summed E-state index contributed by atoms with van der Waals surface area (Å²) < 4.78 is 0. The molecule has 1 saturated heterocycles. The third kappa shape index (κ3) is 4.86. The number of para-hydroxylation sites is 1. The summed E-state index contributed by atoms with van der Waals surface area (Å²) in [6.45, 7) is 3.78. The summed E-state index contributed by atoms with van der Waals surface area (Å²) in [6, 6.07) is 14.2. The molecule has 1 fully saturated rings. The number of hydrogen-bond donors (Lipinski definition) is 2. The van der Waals surface area contributed by atoms with Gasteiger partial charge in [-0.05, 0) is 66.8 Å². The fraction of sp³-hybridized carbons (Fsp3) is 0.304. The van der Waals surface area contributed by atoms with Crippen molar-refractivity contribution >= 4 is 41.7 Å². The normalized spacial score (nSPS) is 17.9. The molecular weight excluding hydrogens is 386 g/mol. The summed E-state index contributed by atoms with van der Waals surface area (Å²) >= 11 is 0. The van der Waals surface area contributed by atoms with Gasteiger partial charge in [0, 0.05) is 37.0 Å². The highest BCUT2D eigenvalue weighted by molar-refractivity contribution is 6.03. The molecule has 0 aromatic heterocycles. The molecule has 2 heterocycles. The van der Waals surface area contributed by atoms with E-state index in [9.17, 15) is 9.59 Å². The molecule has 2 aliphatic rings. The van der Waals surface area contributed by atoms with Crippen LogP contribution >= 0.6 is 12.4 Å². The molecule has 152 valence electrons. The fourth-order valence-electron chi connectivity index (χ4n) is 4.22. The minimum Gasteiger partial charge on any atom is -0.326 e. The second kappa shape index (κ2) is 9.25. The van der Waals surface area contributed by atoms with Gasteiger partial charge in [0.25, 0.3) is 0 Å². The number of hydrogen-bond acceptors (Lipinski definition) is 3. The minimum absolute atomic E-state index is 0. The molecule has 4 rings (SSSR count). The van der Waals surface area contributed by atoms with Gasteiger partial charge in [-0.1, -0.05) is 24.3 Å². The lowest BCUT2D eigenvalue weighted by molar-refractivity contribution is -0.114. The molecule has 0 saturated carbocycles. The van der Waals surface area contributed by atoms with Crippen LogP contribution in [0.1, 0.15) is 42.5 Å². The Bertz CT molecular complexity index is 941. The molecule has 2 amide bonds. The molecule has 0 aliphatic carbocycles. The van der Waals surface area contributed by atoms with E-state index >= 15 is 0 Å².